The molecule has 2 amide bonds. The van der Waals surface area contributed by atoms with Crippen LogP contribution in [-0.4, -0.2) is 72.0 Å². The lowest BCUT2D eigenvalue weighted by Crippen LogP contribution is -2.43. The minimum absolute atomic E-state index is 0.337. The van der Waals surface area contributed by atoms with E-state index in [-0.39, 0.29) is 6.03 Å². The number of ether oxygens (including phenoxy) is 1. The van der Waals surface area contributed by atoms with E-state index in [1.54, 1.807) is 13.3 Å². The molecule has 1 aromatic carbocycles. The Balaban J connectivity index is 1.90. The lowest BCUT2D eigenvalue weighted by Gasteiger charge is -2.21. The van der Waals surface area contributed by atoms with Crippen molar-refractivity contribution in [1.82, 2.24) is 25.2 Å². The molecule has 3 aromatic rings. The van der Waals surface area contributed by atoms with Gasteiger partial charge in [-0.1, -0.05) is 32.2 Å². The molecule has 38 heavy (non-hydrogen) atoms. The van der Waals surface area contributed by atoms with Gasteiger partial charge in [0.15, 0.2) is 5.65 Å². The molecule has 10 heteroatoms. The Kier molecular flexibility index (Phi) is 10.3. The molecule has 2 heterocycles. The minimum Gasteiger partial charge on any atom is -0.497 e. The quantitative estimate of drug-likeness (QED) is 0.239. The SMILES string of the molecule is C[B]c1cc(OC)cc(-c2cc3cnc(NCCCCN(CC)CC)nc3nc2NC(=O)NC(C)(C)C)c1. The van der Waals surface area contributed by atoms with Gasteiger partial charge in [0.05, 0.1) is 7.11 Å². The fourth-order valence-corrected chi connectivity index (χ4v) is 4.11. The van der Waals surface area contributed by atoms with Crippen molar-refractivity contribution in [2.24, 2.45) is 0 Å². The van der Waals surface area contributed by atoms with Crippen LogP contribution in [0.15, 0.2) is 30.5 Å². The normalized spacial score (nSPS) is 11.5. The second kappa shape index (κ2) is 13.4. The first-order valence-corrected chi connectivity index (χ1v) is 13.4. The third-order valence-electron chi connectivity index (χ3n) is 6.18. The van der Waals surface area contributed by atoms with Crippen molar-refractivity contribution in [1.29, 1.82) is 0 Å². The number of fused-ring (bicyclic) bond motifs is 1. The van der Waals surface area contributed by atoms with Gasteiger partial charge in [-0.3, -0.25) is 5.32 Å². The van der Waals surface area contributed by atoms with Gasteiger partial charge >= 0.3 is 6.03 Å². The number of benzene rings is 1. The number of pyridine rings is 1. The maximum Gasteiger partial charge on any atom is 0.320 e. The number of urea groups is 1. The first kappa shape index (κ1) is 29.2. The van der Waals surface area contributed by atoms with Gasteiger partial charge in [-0.15, -0.1) is 0 Å². The number of nitrogens with one attached hydrogen (secondary N) is 3. The van der Waals surface area contributed by atoms with Crippen molar-refractivity contribution in [2.75, 3.05) is 43.9 Å². The highest BCUT2D eigenvalue weighted by molar-refractivity contribution is 6.52. The highest BCUT2D eigenvalue weighted by Gasteiger charge is 2.18. The maximum atomic E-state index is 12.8. The number of amides is 2. The minimum atomic E-state index is -0.397. The van der Waals surface area contributed by atoms with Crippen LogP contribution in [0, 0.1) is 0 Å². The lowest BCUT2D eigenvalue weighted by atomic mass is 9.72. The number of rotatable bonds is 12. The number of nitrogens with zero attached hydrogens (tertiary/aromatic N) is 4. The van der Waals surface area contributed by atoms with Gasteiger partial charge in [0.1, 0.15) is 18.8 Å². The van der Waals surface area contributed by atoms with E-state index in [1.807, 2.05) is 59.1 Å². The Hall–Kier alpha value is -3.40. The first-order chi connectivity index (χ1) is 18.1. The number of carbonyl (C=O) groups is 1. The van der Waals surface area contributed by atoms with Crippen molar-refractivity contribution in [3.8, 4) is 16.9 Å². The number of anilines is 2. The molecular formula is C28H41BN7O2. The zero-order valence-corrected chi connectivity index (χ0v) is 23.8. The van der Waals surface area contributed by atoms with Crippen LogP contribution in [0.5, 0.6) is 5.75 Å². The van der Waals surface area contributed by atoms with E-state index in [2.05, 4.69) is 44.7 Å². The molecule has 0 fully saturated rings. The molecule has 0 bridgehead atoms. The average molecular weight is 518 g/mol. The van der Waals surface area contributed by atoms with Gasteiger partial charge in [0.25, 0.3) is 0 Å². The van der Waals surface area contributed by atoms with Crippen molar-refractivity contribution < 1.29 is 9.53 Å². The molecule has 0 aliphatic rings. The van der Waals surface area contributed by atoms with Crippen molar-refractivity contribution >= 4 is 41.6 Å². The van der Waals surface area contributed by atoms with Gasteiger partial charge < -0.3 is 20.3 Å². The maximum absolute atomic E-state index is 12.8. The number of unbranched alkanes of at least 4 members (excludes halogenated alkanes) is 1. The molecule has 2 aromatic heterocycles. The lowest BCUT2D eigenvalue weighted by molar-refractivity contribution is 0.243. The molecule has 0 aliphatic heterocycles. The summed E-state index contributed by atoms with van der Waals surface area (Å²) in [5, 5.41) is 9.96. The highest BCUT2D eigenvalue weighted by Crippen LogP contribution is 2.31. The number of hydrogen-bond acceptors (Lipinski definition) is 7. The fraction of sp³-hybridized carbons (Fsp3) is 0.500. The third kappa shape index (κ3) is 8.31. The molecule has 203 valence electrons. The molecule has 0 aliphatic carbocycles. The van der Waals surface area contributed by atoms with Crippen LogP contribution in [0.3, 0.4) is 0 Å². The molecule has 0 unspecified atom stereocenters. The number of aromatic nitrogens is 3. The van der Waals surface area contributed by atoms with Crippen molar-refractivity contribution in [3.05, 3.63) is 30.5 Å². The van der Waals surface area contributed by atoms with E-state index in [0.29, 0.717) is 17.4 Å². The molecule has 1 radical (unpaired) electrons. The second-order valence-corrected chi connectivity index (χ2v) is 10.3. The van der Waals surface area contributed by atoms with E-state index in [1.165, 1.54) is 0 Å². The summed E-state index contributed by atoms with van der Waals surface area (Å²) in [5.41, 5.74) is 2.73. The summed E-state index contributed by atoms with van der Waals surface area (Å²) in [5.74, 6) is 1.66. The standard InChI is InChI=1S/C28H41BN7O2/c1-8-36(9-2)13-11-10-12-30-26-31-18-20-16-23(19-14-21(29-6)17-22(15-19)38-7)25(32-24(20)33-26)34-27(37)35-28(3,4)5/h14-18H,8-13H2,1-7H3,(H3,30,31,32,33,34,35,37). The third-order valence-corrected chi connectivity index (χ3v) is 6.18. The Labute approximate surface area is 227 Å². The fourth-order valence-electron chi connectivity index (χ4n) is 4.11. The van der Waals surface area contributed by atoms with Gasteiger partial charge in [0, 0.05) is 29.2 Å². The Morgan fingerprint density at radius 3 is 2.50 bits per heavy atom. The first-order valence-electron chi connectivity index (χ1n) is 13.4. The van der Waals surface area contributed by atoms with Gasteiger partial charge in [-0.2, -0.15) is 4.98 Å². The smallest absolute Gasteiger partial charge is 0.320 e. The van der Waals surface area contributed by atoms with Crippen LogP contribution in [0.1, 0.15) is 47.5 Å². The molecule has 0 saturated carbocycles. The van der Waals surface area contributed by atoms with E-state index >= 15 is 0 Å². The monoisotopic (exact) mass is 518 g/mol. The molecule has 3 N–H and O–H groups in total. The topological polar surface area (TPSA) is 104 Å². The summed E-state index contributed by atoms with van der Waals surface area (Å²) in [6.45, 7) is 16.2. The largest absolute Gasteiger partial charge is 0.497 e. The molecule has 0 atom stereocenters. The molecular weight excluding hydrogens is 477 g/mol. The van der Waals surface area contributed by atoms with E-state index < -0.39 is 5.54 Å². The summed E-state index contributed by atoms with van der Waals surface area (Å²) in [7, 11) is 3.64. The molecule has 3 rings (SSSR count). The van der Waals surface area contributed by atoms with Crippen LogP contribution in [0.4, 0.5) is 16.6 Å². The van der Waals surface area contributed by atoms with Gasteiger partial charge in [-0.05, 0) is 77.0 Å². The van der Waals surface area contributed by atoms with Crippen LogP contribution >= 0.6 is 0 Å². The van der Waals surface area contributed by atoms with Gasteiger partial charge in [0.2, 0.25) is 5.95 Å². The highest BCUT2D eigenvalue weighted by atomic mass is 16.5. The molecule has 9 nitrogen and oxygen atoms in total. The number of carbonyl (C=O) groups excluding carboxylic acids is 1. The number of methoxy groups -OCH3 is 1. The summed E-state index contributed by atoms with van der Waals surface area (Å²) < 4.78 is 5.51. The second-order valence-electron chi connectivity index (χ2n) is 10.3. The Bertz CT molecular complexity index is 1200. The molecule has 0 saturated heterocycles. The van der Waals surface area contributed by atoms with Crippen LogP contribution < -0.4 is 26.2 Å². The Morgan fingerprint density at radius 1 is 1.08 bits per heavy atom. The zero-order chi connectivity index (χ0) is 27.7. The summed E-state index contributed by atoms with van der Waals surface area (Å²) in [4.78, 5) is 29.1. The van der Waals surface area contributed by atoms with Crippen LogP contribution in [-0.2, 0) is 0 Å². The van der Waals surface area contributed by atoms with E-state index in [0.717, 1.165) is 66.7 Å². The van der Waals surface area contributed by atoms with Gasteiger partial charge in [-0.25, -0.2) is 14.8 Å². The zero-order valence-electron chi connectivity index (χ0n) is 23.8. The summed E-state index contributed by atoms with van der Waals surface area (Å²) in [6, 6.07) is 7.54. The van der Waals surface area contributed by atoms with Crippen LogP contribution in [0.2, 0.25) is 6.82 Å². The summed E-state index contributed by atoms with van der Waals surface area (Å²) >= 11 is 0. The molecule has 0 spiro atoms. The average Bonchev–Trinajstić information content (AvgIpc) is 2.88. The Morgan fingerprint density at radius 2 is 1.84 bits per heavy atom. The van der Waals surface area contributed by atoms with Crippen LogP contribution in [0.25, 0.3) is 22.2 Å². The van der Waals surface area contributed by atoms with E-state index in [4.69, 9.17) is 9.72 Å². The van der Waals surface area contributed by atoms with Crippen molar-refractivity contribution in [2.45, 2.75) is 59.8 Å². The number of hydrogen-bond donors (Lipinski definition) is 3. The summed E-state index contributed by atoms with van der Waals surface area (Å²) in [6.07, 6.45) is 3.90. The predicted molar refractivity (Wildman–Crippen MR) is 158 cm³/mol. The predicted octanol–water partition coefficient (Wildman–Crippen LogP) is 4.53. The van der Waals surface area contributed by atoms with E-state index in [9.17, 15) is 4.79 Å². The van der Waals surface area contributed by atoms with Crippen molar-refractivity contribution in [3.63, 3.8) is 0 Å².